The first-order valence-corrected chi connectivity index (χ1v) is 6.88. The molecule has 1 aliphatic rings. The van der Waals surface area contributed by atoms with Gasteiger partial charge < -0.3 is 10.0 Å². The van der Waals surface area contributed by atoms with Crippen LogP contribution in [0.25, 0.3) is 0 Å². The quantitative estimate of drug-likeness (QED) is 0.541. The lowest BCUT2D eigenvalue weighted by Gasteiger charge is -2.33. The maximum Gasteiger partial charge on any atom is 0.0541 e. The molecule has 1 unspecified atom stereocenters. The highest BCUT2D eigenvalue weighted by Gasteiger charge is 2.21. The molecule has 3 heteroatoms. The molecule has 1 aliphatic heterocycles. The summed E-state index contributed by atoms with van der Waals surface area (Å²) in [6.07, 6.45) is 6.08. The Bertz CT molecular complexity index is 156. The van der Waals surface area contributed by atoms with Gasteiger partial charge in [-0.05, 0) is 63.9 Å². The van der Waals surface area contributed by atoms with Crippen molar-refractivity contribution in [2.24, 2.45) is 5.92 Å². The number of likely N-dealkylation sites (tertiary alicyclic amines) is 1. The molecule has 1 rings (SSSR count). The average molecular weight is 231 g/mol. The second-order valence-corrected chi connectivity index (χ2v) is 5.15. The molecule has 0 amide bonds. The van der Waals surface area contributed by atoms with Gasteiger partial charge in [0, 0.05) is 0 Å². The molecule has 1 N–H and O–H groups in total. The molecule has 1 heterocycles. The Morgan fingerprint density at radius 1 is 1.27 bits per heavy atom. The van der Waals surface area contributed by atoms with Crippen molar-refractivity contribution < 1.29 is 5.11 Å². The summed E-state index contributed by atoms with van der Waals surface area (Å²) in [6.45, 7) is 5.51. The number of hydrogen-bond donors (Lipinski definition) is 2. The summed E-state index contributed by atoms with van der Waals surface area (Å²) in [5, 5.41) is 9.48. The molecule has 0 radical (unpaired) electrons. The van der Waals surface area contributed by atoms with Crippen molar-refractivity contribution in [1.29, 1.82) is 0 Å². The van der Waals surface area contributed by atoms with Crippen LogP contribution in [0.3, 0.4) is 0 Å². The van der Waals surface area contributed by atoms with Gasteiger partial charge in [-0.3, -0.25) is 0 Å². The van der Waals surface area contributed by atoms with E-state index in [2.05, 4.69) is 17.5 Å². The third kappa shape index (κ3) is 5.23. The van der Waals surface area contributed by atoms with Gasteiger partial charge in [-0.2, -0.15) is 12.6 Å². The topological polar surface area (TPSA) is 23.5 Å². The third-order valence-corrected chi connectivity index (χ3v) is 3.76. The van der Waals surface area contributed by atoms with E-state index in [0.717, 1.165) is 5.75 Å². The smallest absolute Gasteiger partial charge is 0.0541 e. The monoisotopic (exact) mass is 231 g/mol. The van der Waals surface area contributed by atoms with Crippen molar-refractivity contribution in [3.8, 4) is 0 Å². The largest absolute Gasteiger partial charge is 0.393 e. The van der Waals surface area contributed by atoms with Crippen LogP contribution in [-0.4, -0.2) is 41.5 Å². The van der Waals surface area contributed by atoms with E-state index < -0.39 is 0 Å². The first-order chi connectivity index (χ1) is 7.24. The Morgan fingerprint density at radius 3 is 2.47 bits per heavy atom. The van der Waals surface area contributed by atoms with Gasteiger partial charge in [0.1, 0.15) is 0 Å². The molecule has 15 heavy (non-hydrogen) atoms. The van der Waals surface area contributed by atoms with E-state index in [1.54, 1.807) is 0 Å². The Kier molecular flexibility index (Phi) is 6.69. The van der Waals surface area contributed by atoms with Crippen molar-refractivity contribution in [2.45, 2.75) is 45.1 Å². The van der Waals surface area contributed by atoms with E-state index >= 15 is 0 Å². The molecule has 1 fully saturated rings. The van der Waals surface area contributed by atoms with Gasteiger partial charge in [0.05, 0.1) is 6.10 Å². The molecule has 0 aromatic heterocycles. The van der Waals surface area contributed by atoms with Crippen LogP contribution >= 0.6 is 12.6 Å². The molecule has 0 aliphatic carbocycles. The number of rotatable bonds is 6. The van der Waals surface area contributed by atoms with Crippen molar-refractivity contribution in [2.75, 3.05) is 25.4 Å². The molecule has 0 bridgehead atoms. The van der Waals surface area contributed by atoms with Gasteiger partial charge in [0.25, 0.3) is 0 Å². The minimum absolute atomic E-state index is 0.115. The molecule has 90 valence electrons. The van der Waals surface area contributed by atoms with Crippen LogP contribution in [0.4, 0.5) is 0 Å². The highest BCUT2D eigenvalue weighted by molar-refractivity contribution is 7.80. The third-order valence-electron chi connectivity index (χ3n) is 3.45. The Balaban J connectivity index is 2.04. The summed E-state index contributed by atoms with van der Waals surface area (Å²) in [4.78, 5) is 2.54. The van der Waals surface area contributed by atoms with Crippen molar-refractivity contribution >= 4 is 12.6 Å². The molecule has 2 nitrogen and oxygen atoms in total. The molecular formula is C12H25NOS. The summed E-state index contributed by atoms with van der Waals surface area (Å²) < 4.78 is 0. The standard InChI is InChI=1S/C12H25NOS/c1-11(14)12-5-8-13(9-6-12)7-3-2-4-10-15/h11-12,14-15H,2-10H2,1H3. The van der Waals surface area contributed by atoms with Crippen molar-refractivity contribution in [1.82, 2.24) is 4.90 Å². The number of piperidine rings is 1. The Morgan fingerprint density at radius 2 is 1.93 bits per heavy atom. The lowest BCUT2D eigenvalue weighted by Crippen LogP contribution is -2.37. The van der Waals surface area contributed by atoms with Crippen LogP contribution in [0, 0.1) is 5.92 Å². The molecule has 0 saturated carbocycles. The van der Waals surface area contributed by atoms with Crippen LogP contribution in [-0.2, 0) is 0 Å². The van der Waals surface area contributed by atoms with Crippen LogP contribution in [0.2, 0.25) is 0 Å². The van der Waals surface area contributed by atoms with Gasteiger partial charge in [0.2, 0.25) is 0 Å². The SMILES string of the molecule is CC(O)C1CCN(CCCCCS)CC1. The summed E-state index contributed by atoms with van der Waals surface area (Å²) in [7, 11) is 0. The fourth-order valence-corrected chi connectivity index (χ4v) is 2.51. The molecular weight excluding hydrogens is 206 g/mol. The van der Waals surface area contributed by atoms with E-state index in [1.165, 1.54) is 51.7 Å². The van der Waals surface area contributed by atoms with Gasteiger partial charge in [0.15, 0.2) is 0 Å². The van der Waals surface area contributed by atoms with Crippen molar-refractivity contribution in [3.63, 3.8) is 0 Å². The Labute approximate surface area is 99.5 Å². The number of nitrogens with zero attached hydrogens (tertiary/aromatic N) is 1. The molecule has 1 atom stereocenters. The molecule has 0 aromatic rings. The minimum atomic E-state index is -0.115. The van der Waals surface area contributed by atoms with E-state index in [4.69, 9.17) is 0 Å². The number of aliphatic hydroxyl groups excluding tert-OH is 1. The maximum atomic E-state index is 9.48. The molecule has 1 saturated heterocycles. The fourth-order valence-electron chi connectivity index (χ4n) is 2.28. The lowest BCUT2D eigenvalue weighted by atomic mass is 9.92. The summed E-state index contributed by atoms with van der Waals surface area (Å²) in [5.41, 5.74) is 0. The van der Waals surface area contributed by atoms with Crippen molar-refractivity contribution in [3.05, 3.63) is 0 Å². The van der Waals surface area contributed by atoms with E-state index in [9.17, 15) is 5.11 Å². The van der Waals surface area contributed by atoms with Gasteiger partial charge in [-0.25, -0.2) is 0 Å². The lowest BCUT2D eigenvalue weighted by molar-refractivity contribution is 0.0714. The average Bonchev–Trinajstić information content (AvgIpc) is 2.25. The summed E-state index contributed by atoms with van der Waals surface area (Å²) in [6, 6.07) is 0. The molecule has 0 spiro atoms. The minimum Gasteiger partial charge on any atom is -0.393 e. The van der Waals surface area contributed by atoms with E-state index in [-0.39, 0.29) is 6.10 Å². The number of unbranched alkanes of at least 4 members (excludes halogenated alkanes) is 2. The zero-order valence-corrected chi connectivity index (χ0v) is 10.8. The van der Waals surface area contributed by atoms with Crippen LogP contribution in [0.1, 0.15) is 39.0 Å². The van der Waals surface area contributed by atoms with Gasteiger partial charge in [-0.1, -0.05) is 6.42 Å². The van der Waals surface area contributed by atoms with Gasteiger partial charge >= 0.3 is 0 Å². The Hall–Kier alpha value is 0.270. The number of thiol groups is 1. The van der Waals surface area contributed by atoms with Crippen LogP contribution < -0.4 is 0 Å². The summed E-state index contributed by atoms with van der Waals surface area (Å²) in [5.74, 6) is 1.56. The normalized spacial score (nSPS) is 21.8. The predicted octanol–water partition coefficient (Wildman–Crippen LogP) is 2.18. The zero-order valence-electron chi connectivity index (χ0n) is 9.86. The second-order valence-electron chi connectivity index (χ2n) is 4.70. The zero-order chi connectivity index (χ0) is 11.1. The van der Waals surface area contributed by atoms with E-state index in [1.807, 2.05) is 6.92 Å². The summed E-state index contributed by atoms with van der Waals surface area (Å²) >= 11 is 4.21. The fraction of sp³-hybridized carbons (Fsp3) is 1.00. The highest BCUT2D eigenvalue weighted by atomic mass is 32.1. The first kappa shape index (κ1) is 13.3. The maximum absolute atomic E-state index is 9.48. The van der Waals surface area contributed by atoms with E-state index in [0.29, 0.717) is 5.92 Å². The number of aliphatic hydroxyl groups is 1. The first-order valence-electron chi connectivity index (χ1n) is 6.25. The predicted molar refractivity (Wildman–Crippen MR) is 68.5 cm³/mol. The number of hydrogen-bond acceptors (Lipinski definition) is 3. The van der Waals surface area contributed by atoms with Gasteiger partial charge in [-0.15, -0.1) is 0 Å². The second kappa shape index (κ2) is 7.53. The van der Waals surface area contributed by atoms with Crippen LogP contribution in [0.5, 0.6) is 0 Å². The molecule has 0 aromatic carbocycles. The highest BCUT2D eigenvalue weighted by Crippen LogP contribution is 2.20. The van der Waals surface area contributed by atoms with Crippen LogP contribution in [0.15, 0.2) is 0 Å².